The zero-order chi connectivity index (χ0) is 12.8. The lowest BCUT2D eigenvalue weighted by atomic mass is 10.0. The largest absolute Gasteiger partial charge is 0.496 e. The maximum absolute atomic E-state index is 6.08. The summed E-state index contributed by atoms with van der Waals surface area (Å²) in [6.45, 7) is 4.79. The summed E-state index contributed by atoms with van der Waals surface area (Å²) in [5.74, 6) is 0.899. The van der Waals surface area contributed by atoms with Crippen LogP contribution < -0.4 is 10.5 Å². The van der Waals surface area contributed by atoms with Gasteiger partial charge in [0.2, 0.25) is 0 Å². The molecule has 0 spiro atoms. The third-order valence-electron chi connectivity index (χ3n) is 2.73. The minimum atomic E-state index is 0.718. The highest BCUT2D eigenvalue weighted by Crippen LogP contribution is 2.32. The molecule has 0 radical (unpaired) electrons. The summed E-state index contributed by atoms with van der Waals surface area (Å²) in [5, 5.41) is 0.741. The molecule has 0 bridgehead atoms. The first-order valence-corrected chi connectivity index (χ1v) is 6.19. The van der Waals surface area contributed by atoms with Crippen LogP contribution in [0.25, 0.3) is 5.57 Å². The molecule has 1 aromatic carbocycles. The van der Waals surface area contributed by atoms with Crippen LogP contribution >= 0.6 is 11.6 Å². The molecule has 0 amide bonds. The van der Waals surface area contributed by atoms with Crippen molar-refractivity contribution in [3.63, 3.8) is 0 Å². The predicted molar refractivity (Wildman–Crippen MR) is 74.7 cm³/mol. The molecule has 2 N–H and O–H groups in total. The topological polar surface area (TPSA) is 35.2 Å². The summed E-state index contributed by atoms with van der Waals surface area (Å²) in [4.78, 5) is 0. The maximum atomic E-state index is 6.08. The Labute approximate surface area is 108 Å². The lowest BCUT2D eigenvalue weighted by molar-refractivity contribution is 0.410. The molecule has 0 saturated heterocycles. The second kappa shape index (κ2) is 6.67. The molecular weight excluding hydrogens is 234 g/mol. The lowest BCUT2D eigenvalue weighted by Gasteiger charge is -2.12. The molecule has 0 unspecified atom stereocenters. The smallest absolute Gasteiger partial charge is 0.129 e. The second-order valence-corrected chi connectivity index (χ2v) is 4.56. The SMILES string of the molecule is COc1c(C)cc(Cl)cc1/C(C)=C/CCCN. The van der Waals surface area contributed by atoms with Gasteiger partial charge in [0.1, 0.15) is 5.75 Å². The Morgan fingerprint density at radius 3 is 2.76 bits per heavy atom. The van der Waals surface area contributed by atoms with Gasteiger partial charge in [-0.1, -0.05) is 17.7 Å². The molecule has 1 aromatic rings. The fourth-order valence-electron chi connectivity index (χ4n) is 1.84. The summed E-state index contributed by atoms with van der Waals surface area (Å²) >= 11 is 6.08. The van der Waals surface area contributed by atoms with Crippen LogP contribution in [0.2, 0.25) is 5.02 Å². The van der Waals surface area contributed by atoms with Crippen LogP contribution in [0.4, 0.5) is 0 Å². The van der Waals surface area contributed by atoms with Crippen molar-refractivity contribution in [3.05, 3.63) is 34.4 Å². The van der Waals surface area contributed by atoms with Gasteiger partial charge >= 0.3 is 0 Å². The Bertz CT molecular complexity index is 413. The number of benzene rings is 1. The van der Waals surface area contributed by atoms with Gasteiger partial charge in [0.25, 0.3) is 0 Å². The van der Waals surface area contributed by atoms with E-state index in [1.165, 1.54) is 5.57 Å². The van der Waals surface area contributed by atoms with Gasteiger partial charge in [-0.05, 0) is 56.5 Å². The van der Waals surface area contributed by atoms with E-state index in [0.29, 0.717) is 0 Å². The average molecular weight is 254 g/mol. The number of aryl methyl sites for hydroxylation is 1. The zero-order valence-corrected chi connectivity index (χ0v) is 11.5. The van der Waals surface area contributed by atoms with Gasteiger partial charge in [-0.3, -0.25) is 0 Å². The maximum Gasteiger partial charge on any atom is 0.129 e. The van der Waals surface area contributed by atoms with Crippen molar-refractivity contribution in [2.75, 3.05) is 13.7 Å². The van der Waals surface area contributed by atoms with Gasteiger partial charge in [-0.15, -0.1) is 0 Å². The lowest BCUT2D eigenvalue weighted by Crippen LogP contribution is -1.97. The minimum Gasteiger partial charge on any atom is -0.496 e. The molecule has 0 aliphatic rings. The molecule has 0 atom stereocenters. The number of unbranched alkanes of at least 4 members (excludes halogenated alkanes) is 1. The van der Waals surface area contributed by atoms with Crippen molar-refractivity contribution in [2.24, 2.45) is 5.73 Å². The molecule has 0 saturated carbocycles. The molecule has 0 aromatic heterocycles. The second-order valence-electron chi connectivity index (χ2n) is 4.12. The van der Waals surface area contributed by atoms with E-state index in [0.717, 1.165) is 41.3 Å². The van der Waals surface area contributed by atoms with Crippen molar-refractivity contribution in [3.8, 4) is 5.75 Å². The Morgan fingerprint density at radius 1 is 1.47 bits per heavy atom. The molecule has 1 rings (SSSR count). The van der Waals surface area contributed by atoms with Crippen LogP contribution in [-0.2, 0) is 0 Å². The summed E-state index contributed by atoms with van der Waals surface area (Å²) < 4.78 is 5.43. The van der Waals surface area contributed by atoms with Crippen molar-refractivity contribution in [2.45, 2.75) is 26.7 Å². The number of nitrogens with two attached hydrogens (primary N) is 1. The van der Waals surface area contributed by atoms with Gasteiger partial charge in [-0.25, -0.2) is 0 Å². The Kier molecular flexibility index (Phi) is 5.52. The Balaban J connectivity index is 3.07. The number of methoxy groups -OCH3 is 1. The predicted octanol–water partition coefficient (Wildman–Crippen LogP) is 3.80. The molecule has 0 heterocycles. The number of hydrogen-bond donors (Lipinski definition) is 1. The first kappa shape index (κ1) is 14.1. The number of allylic oxidation sites excluding steroid dienone is 2. The third kappa shape index (κ3) is 3.76. The van der Waals surface area contributed by atoms with Crippen LogP contribution in [-0.4, -0.2) is 13.7 Å². The quantitative estimate of drug-likeness (QED) is 0.810. The number of ether oxygens (including phenoxy) is 1. The Hall–Kier alpha value is -0.990. The number of halogens is 1. The normalized spacial score (nSPS) is 11.7. The first-order valence-electron chi connectivity index (χ1n) is 5.81. The van der Waals surface area contributed by atoms with Crippen molar-refractivity contribution in [1.82, 2.24) is 0 Å². The van der Waals surface area contributed by atoms with Crippen LogP contribution in [0, 0.1) is 6.92 Å². The van der Waals surface area contributed by atoms with Gasteiger partial charge in [0.15, 0.2) is 0 Å². The van der Waals surface area contributed by atoms with Gasteiger partial charge in [0.05, 0.1) is 7.11 Å². The van der Waals surface area contributed by atoms with E-state index in [1.54, 1.807) is 7.11 Å². The molecule has 94 valence electrons. The van der Waals surface area contributed by atoms with Crippen LogP contribution in [0.3, 0.4) is 0 Å². The molecule has 0 aliphatic carbocycles. The molecule has 2 nitrogen and oxygen atoms in total. The van der Waals surface area contributed by atoms with E-state index >= 15 is 0 Å². The number of hydrogen-bond acceptors (Lipinski definition) is 2. The fraction of sp³-hybridized carbons (Fsp3) is 0.429. The van der Waals surface area contributed by atoms with Crippen LogP contribution in [0.15, 0.2) is 18.2 Å². The first-order chi connectivity index (χ1) is 8.10. The highest BCUT2D eigenvalue weighted by atomic mass is 35.5. The van der Waals surface area contributed by atoms with E-state index in [4.69, 9.17) is 22.1 Å². The van der Waals surface area contributed by atoms with Crippen LogP contribution in [0.1, 0.15) is 30.9 Å². The standard InChI is InChI=1S/C14H20ClNO/c1-10(6-4-5-7-16)13-9-12(15)8-11(2)14(13)17-3/h6,8-9H,4-5,7,16H2,1-3H3/b10-6+. The van der Waals surface area contributed by atoms with Crippen molar-refractivity contribution in [1.29, 1.82) is 0 Å². The van der Waals surface area contributed by atoms with Gasteiger partial charge < -0.3 is 10.5 Å². The van der Waals surface area contributed by atoms with Gasteiger partial charge in [0, 0.05) is 10.6 Å². The van der Waals surface area contributed by atoms with Crippen molar-refractivity contribution >= 4 is 17.2 Å². The van der Waals surface area contributed by atoms with Gasteiger partial charge in [-0.2, -0.15) is 0 Å². The molecule has 0 fully saturated rings. The van der Waals surface area contributed by atoms with E-state index in [2.05, 4.69) is 13.0 Å². The van der Waals surface area contributed by atoms with E-state index in [1.807, 2.05) is 19.1 Å². The minimum absolute atomic E-state index is 0.718. The summed E-state index contributed by atoms with van der Waals surface area (Å²) in [5.41, 5.74) is 8.79. The summed E-state index contributed by atoms with van der Waals surface area (Å²) in [6, 6.07) is 3.86. The zero-order valence-electron chi connectivity index (χ0n) is 10.7. The number of rotatable bonds is 5. The Morgan fingerprint density at radius 2 is 2.18 bits per heavy atom. The average Bonchev–Trinajstić information content (AvgIpc) is 2.28. The summed E-state index contributed by atoms with van der Waals surface area (Å²) in [6.07, 6.45) is 4.16. The highest BCUT2D eigenvalue weighted by molar-refractivity contribution is 6.30. The van der Waals surface area contributed by atoms with E-state index < -0.39 is 0 Å². The van der Waals surface area contributed by atoms with E-state index in [-0.39, 0.29) is 0 Å². The monoisotopic (exact) mass is 253 g/mol. The highest BCUT2D eigenvalue weighted by Gasteiger charge is 2.09. The molecule has 3 heteroatoms. The molecule has 0 aliphatic heterocycles. The van der Waals surface area contributed by atoms with Crippen molar-refractivity contribution < 1.29 is 4.74 Å². The fourth-order valence-corrected chi connectivity index (χ4v) is 2.11. The van der Waals surface area contributed by atoms with Crippen LogP contribution in [0.5, 0.6) is 5.75 Å². The molecular formula is C14H20ClNO. The van der Waals surface area contributed by atoms with E-state index in [9.17, 15) is 0 Å². The summed E-state index contributed by atoms with van der Waals surface area (Å²) in [7, 11) is 1.69. The third-order valence-corrected chi connectivity index (χ3v) is 2.95. The molecule has 17 heavy (non-hydrogen) atoms.